The Balaban J connectivity index is 1.95. The first-order chi connectivity index (χ1) is 13.5. The molecule has 0 saturated heterocycles. The Morgan fingerprint density at radius 3 is 2.64 bits per heavy atom. The molecule has 0 aliphatic rings. The highest BCUT2D eigenvalue weighted by Gasteiger charge is 2.23. The molecular formula is C20H15Cl2F2N3S. The Hall–Kier alpha value is -2.02. The maximum Gasteiger partial charge on any atom is 0.166 e. The third-order valence-electron chi connectivity index (χ3n) is 4.30. The van der Waals surface area contributed by atoms with Crippen LogP contribution in [0.3, 0.4) is 0 Å². The van der Waals surface area contributed by atoms with Gasteiger partial charge >= 0.3 is 0 Å². The lowest BCUT2D eigenvalue weighted by Crippen LogP contribution is -1.97. The van der Waals surface area contributed by atoms with E-state index in [-0.39, 0.29) is 21.5 Å². The van der Waals surface area contributed by atoms with E-state index in [1.165, 1.54) is 12.1 Å². The summed E-state index contributed by atoms with van der Waals surface area (Å²) in [5.41, 5.74) is 0.859. The van der Waals surface area contributed by atoms with Crippen LogP contribution < -0.4 is 0 Å². The number of rotatable bonds is 5. The molecule has 0 saturated carbocycles. The summed E-state index contributed by atoms with van der Waals surface area (Å²) < 4.78 is 32.5. The maximum atomic E-state index is 15.0. The first-order valence-corrected chi connectivity index (χ1v) is 10.2. The fraction of sp³-hybridized carbons (Fsp3) is 0.150. The van der Waals surface area contributed by atoms with Crippen molar-refractivity contribution in [3.05, 3.63) is 70.6 Å². The van der Waals surface area contributed by atoms with Gasteiger partial charge in [0.15, 0.2) is 5.82 Å². The zero-order chi connectivity index (χ0) is 19.8. The lowest BCUT2D eigenvalue weighted by molar-refractivity contribution is 0.602. The average Bonchev–Trinajstić information content (AvgIpc) is 3.24. The zero-order valence-electron chi connectivity index (χ0n) is 14.8. The topological polar surface area (TPSA) is 22.8 Å². The van der Waals surface area contributed by atoms with Gasteiger partial charge in [0.1, 0.15) is 11.0 Å². The minimum Gasteiger partial charge on any atom is -0.293 e. The molecule has 2 aromatic heterocycles. The van der Waals surface area contributed by atoms with Crippen LogP contribution in [-0.4, -0.2) is 14.3 Å². The van der Waals surface area contributed by atoms with E-state index in [0.29, 0.717) is 20.9 Å². The number of halogens is 4. The molecular weight excluding hydrogens is 423 g/mol. The fourth-order valence-electron chi connectivity index (χ4n) is 3.05. The molecule has 0 amide bonds. The molecule has 2 aromatic carbocycles. The summed E-state index contributed by atoms with van der Waals surface area (Å²) in [7, 11) is 0. The van der Waals surface area contributed by atoms with Crippen LogP contribution in [0, 0.1) is 11.6 Å². The third-order valence-corrected chi connectivity index (χ3v) is 6.23. The monoisotopic (exact) mass is 437 g/mol. The SMILES string of the molecule is CCCn1cc(-n2c(Cl)c(Sc3ccccc3F)c3ccc(Cl)c(F)c32)cn1. The highest BCUT2D eigenvalue weighted by Crippen LogP contribution is 2.44. The predicted molar refractivity (Wildman–Crippen MR) is 110 cm³/mol. The van der Waals surface area contributed by atoms with E-state index in [4.69, 9.17) is 23.2 Å². The second-order valence-electron chi connectivity index (χ2n) is 6.21. The minimum absolute atomic E-state index is 0.00805. The maximum absolute atomic E-state index is 15.0. The van der Waals surface area contributed by atoms with Crippen LogP contribution in [0.1, 0.15) is 13.3 Å². The molecule has 0 spiro atoms. The summed E-state index contributed by atoms with van der Waals surface area (Å²) in [5.74, 6) is -0.945. The van der Waals surface area contributed by atoms with Crippen molar-refractivity contribution in [3.63, 3.8) is 0 Å². The van der Waals surface area contributed by atoms with Crippen LogP contribution >= 0.6 is 35.0 Å². The van der Waals surface area contributed by atoms with Gasteiger partial charge in [0.05, 0.1) is 27.3 Å². The van der Waals surface area contributed by atoms with Gasteiger partial charge in [0.2, 0.25) is 0 Å². The average molecular weight is 438 g/mol. The highest BCUT2D eigenvalue weighted by molar-refractivity contribution is 7.99. The molecule has 8 heteroatoms. The van der Waals surface area contributed by atoms with Gasteiger partial charge < -0.3 is 0 Å². The lowest BCUT2D eigenvalue weighted by Gasteiger charge is -2.05. The van der Waals surface area contributed by atoms with Crippen molar-refractivity contribution in [3.8, 4) is 5.69 Å². The molecule has 0 N–H and O–H groups in total. The molecule has 144 valence electrons. The Labute approximate surface area is 174 Å². The zero-order valence-corrected chi connectivity index (χ0v) is 17.1. The molecule has 0 aliphatic carbocycles. The number of nitrogens with zero attached hydrogens (tertiary/aromatic N) is 3. The van der Waals surface area contributed by atoms with E-state index in [1.54, 1.807) is 45.9 Å². The second-order valence-corrected chi connectivity index (χ2v) is 8.02. The second kappa shape index (κ2) is 7.78. The van der Waals surface area contributed by atoms with E-state index >= 15 is 0 Å². The van der Waals surface area contributed by atoms with Crippen LogP contribution in [-0.2, 0) is 6.54 Å². The Bertz CT molecular complexity index is 1170. The van der Waals surface area contributed by atoms with Gasteiger partial charge in [-0.1, -0.05) is 54.0 Å². The molecule has 0 bridgehead atoms. The summed E-state index contributed by atoms with van der Waals surface area (Å²) in [6.45, 7) is 2.78. The van der Waals surface area contributed by atoms with Crippen molar-refractivity contribution >= 4 is 45.9 Å². The van der Waals surface area contributed by atoms with E-state index < -0.39 is 5.82 Å². The summed E-state index contributed by atoms with van der Waals surface area (Å²) >= 11 is 13.9. The molecule has 28 heavy (non-hydrogen) atoms. The molecule has 2 heterocycles. The summed E-state index contributed by atoms with van der Waals surface area (Å²) in [4.78, 5) is 0.959. The van der Waals surface area contributed by atoms with Gasteiger partial charge in [-0.3, -0.25) is 9.25 Å². The third kappa shape index (κ3) is 3.30. The number of aryl methyl sites for hydroxylation is 1. The van der Waals surface area contributed by atoms with Gasteiger partial charge in [-0.05, 0) is 30.7 Å². The Morgan fingerprint density at radius 1 is 1.11 bits per heavy atom. The van der Waals surface area contributed by atoms with Crippen molar-refractivity contribution in [2.45, 2.75) is 29.7 Å². The van der Waals surface area contributed by atoms with E-state index in [9.17, 15) is 8.78 Å². The van der Waals surface area contributed by atoms with Crippen LogP contribution in [0.25, 0.3) is 16.6 Å². The number of hydrogen-bond acceptors (Lipinski definition) is 2. The van der Waals surface area contributed by atoms with Gasteiger partial charge in [0.25, 0.3) is 0 Å². The highest BCUT2D eigenvalue weighted by atomic mass is 35.5. The van der Waals surface area contributed by atoms with Crippen LogP contribution in [0.5, 0.6) is 0 Å². The van der Waals surface area contributed by atoms with Crippen molar-refractivity contribution in [1.29, 1.82) is 0 Å². The van der Waals surface area contributed by atoms with Gasteiger partial charge in [-0.2, -0.15) is 5.10 Å². The standard InChI is InChI=1S/C20H15Cl2F2N3S/c1-2-9-26-11-12(10-25-26)27-18-13(7-8-14(21)17(18)24)19(20(27)22)28-16-6-4-3-5-15(16)23/h3-8,10-11H,2,9H2,1H3. The van der Waals surface area contributed by atoms with Crippen LogP contribution in [0.4, 0.5) is 8.78 Å². The van der Waals surface area contributed by atoms with Crippen LogP contribution in [0.2, 0.25) is 10.2 Å². The number of hydrogen-bond donors (Lipinski definition) is 0. The quantitative estimate of drug-likeness (QED) is 0.336. The first kappa shape index (κ1) is 19.3. The van der Waals surface area contributed by atoms with E-state index in [0.717, 1.165) is 24.7 Å². The number of fused-ring (bicyclic) bond motifs is 1. The molecule has 0 aliphatic heterocycles. The predicted octanol–water partition coefficient (Wildman–Crippen LogP) is 6.97. The van der Waals surface area contributed by atoms with Crippen molar-refractivity contribution in [2.24, 2.45) is 0 Å². The Morgan fingerprint density at radius 2 is 1.89 bits per heavy atom. The van der Waals surface area contributed by atoms with Gasteiger partial charge in [-0.25, -0.2) is 8.78 Å². The normalized spacial score (nSPS) is 11.5. The minimum atomic E-state index is -0.579. The lowest BCUT2D eigenvalue weighted by atomic mass is 10.2. The molecule has 4 rings (SSSR count). The molecule has 0 fully saturated rings. The van der Waals surface area contributed by atoms with Gasteiger partial charge in [0, 0.05) is 23.0 Å². The van der Waals surface area contributed by atoms with E-state index in [1.807, 2.05) is 6.92 Å². The smallest absolute Gasteiger partial charge is 0.166 e. The summed E-state index contributed by atoms with van der Waals surface area (Å²) in [5, 5.41) is 5.13. The number of benzene rings is 2. The summed E-state index contributed by atoms with van der Waals surface area (Å²) in [6.07, 6.45) is 4.33. The van der Waals surface area contributed by atoms with Crippen molar-refractivity contribution < 1.29 is 8.78 Å². The Kier molecular flexibility index (Phi) is 5.36. The largest absolute Gasteiger partial charge is 0.293 e. The first-order valence-electron chi connectivity index (χ1n) is 8.64. The molecule has 3 nitrogen and oxygen atoms in total. The molecule has 0 unspecified atom stereocenters. The van der Waals surface area contributed by atoms with Crippen molar-refractivity contribution in [1.82, 2.24) is 14.3 Å². The van der Waals surface area contributed by atoms with Gasteiger partial charge in [-0.15, -0.1) is 0 Å². The number of aromatic nitrogens is 3. The van der Waals surface area contributed by atoms with E-state index in [2.05, 4.69) is 5.10 Å². The molecule has 4 aromatic rings. The van der Waals surface area contributed by atoms with Crippen molar-refractivity contribution in [2.75, 3.05) is 0 Å². The molecule has 0 radical (unpaired) electrons. The fourth-order valence-corrected chi connectivity index (χ4v) is 4.58. The summed E-state index contributed by atoms with van der Waals surface area (Å²) in [6, 6.07) is 9.57. The van der Waals surface area contributed by atoms with Crippen LogP contribution in [0.15, 0.2) is 58.6 Å². The molecule has 0 atom stereocenters.